The van der Waals surface area contributed by atoms with Crippen molar-refractivity contribution in [1.82, 2.24) is 10.2 Å². The number of nitrogens with one attached hydrogen (secondary N) is 1. The van der Waals surface area contributed by atoms with E-state index in [0.29, 0.717) is 45.4 Å². The first-order valence-electron chi connectivity index (χ1n) is 8.60. The highest BCUT2D eigenvalue weighted by Crippen LogP contribution is 2.36. The van der Waals surface area contributed by atoms with Gasteiger partial charge < -0.3 is 10.1 Å². The molecular formula is C20H17BrCl2N2O3. The average Bonchev–Trinajstić information content (AvgIpc) is 2.90. The minimum absolute atomic E-state index is 0.219. The van der Waals surface area contributed by atoms with Crippen LogP contribution in [-0.2, 0) is 11.4 Å². The van der Waals surface area contributed by atoms with Crippen LogP contribution in [0.4, 0.5) is 4.79 Å². The van der Waals surface area contributed by atoms with Crippen molar-refractivity contribution in [3.63, 3.8) is 0 Å². The van der Waals surface area contributed by atoms with E-state index >= 15 is 0 Å². The number of hydrogen-bond donors (Lipinski definition) is 1. The molecule has 0 saturated carbocycles. The summed E-state index contributed by atoms with van der Waals surface area (Å²) in [6, 6.07) is 10.4. The molecule has 0 radical (unpaired) electrons. The van der Waals surface area contributed by atoms with Gasteiger partial charge in [0.2, 0.25) is 0 Å². The van der Waals surface area contributed by atoms with E-state index in [2.05, 4.69) is 21.2 Å². The van der Waals surface area contributed by atoms with E-state index in [1.807, 2.05) is 19.1 Å². The Bertz CT molecular complexity index is 922. The normalized spacial score (nSPS) is 15.3. The van der Waals surface area contributed by atoms with E-state index in [4.69, 9.17) is 27.9 Å². The van der Waals surface area contributed by atoms with E-state index in [9.17, 15) is 9.59 Å². The molecule has 0 bridgehead atoms. The Morgan fingerprint density at radius 1 is 1.18 bits per heavy atom. The molecule has 0 aliphatic carbocycles. The highest BCUT2D eigenvalue weighted by Gasteiger charge is 2.32. The quantitative estimate of drug-likeness (QED) is 0.427. The van der Waals surface area contributed by atoms with E-state index in [0.717, 1.165) is 5.56 Å². The number of nitrogens with zero attached hydrogens (tertiary/aromatic N) is 1. The third-order valence-corrected chi connectivity index (χ3v) is 5.16. The zero-order chi connectivity index (χ0) is 20.3. The molecule has 0 aromatic heterocycles. The van der Waals surface area contributed by atoms with Crippen LogP contribution in [0, 0.1) is 0 Å². The first kappa shape index (κ1) is 20.7. The molecule has 1 N–H and O–H groups in total. The van der Waals surface area contributed by atoms with Crippen LogP contribution in [-0.4, -0.2) is 23.4 Å². The third kappa shape index (κ3) is 4.69. The number of hydrogen-bond acceptors (Lipinski definition) is 3. The van der Waals surface area contributed by atoms with Crippen LogP contribution in [0.1, 0.15) is 24.5 Å². The van der Waals surface area contributed by atoms with E-state index in [1.54, 1.807) is 30.3 Å². The Hall–Kier alpha value is -2.02. The van der Waals surface area contributed by atoms with Crippen molar-refractivity contribution in [2.45, 2.75) is 20.0 Å². The molecule has 1 aliphatic rings. The molecule has 1 saturated heterocycles. The van der Waals surface area contributed by atoms with Crippen LogP contribution in [0.5, 0.6) is 5.75 Å². The van der Waals surface area contributed by atoms with Crippen molar-refractivity contribution in [3.8, 4) is 5.75 Å². The number of benzene rings is 2. The molecule has 0 atom stereocenters. The lowest BCUT2D eigenvalue weighted by atomic mass is 10.1. The van der Waals surface area contributed by atoms with Crippen LogP contribution < -0.4 is 10.1 Å². The molecule has 2 aromatic rings. The monoisotopic (exact) mass is 482 g/mol. The van der Waals surface area contributed by atoms with Gasteiger partial charge in [-0.15, -0.1) is 0 Å². The molecule has 1 fully saturated rings. The summed E-state index contributed by atoms with van der Waals surface area (Å²) < 4.78 is 6.46. The van der Waals surface area contributed by atoms with Gasteiger partial charge in [0.25, 0.3) is 5.91 Å². The highest BCUT2D eigenvalue weighted by atomic mass is 79.9. The van der Waals surface area contributed by atoms with Gasteiger partial charge in [-0.1, -0.05) is 42.3 Å². The van der Waals surface area contributed by atoms with Gasteiger partial charge >= 0.3 is 6.03 Å². The summed E-state index contributed by atoms with van der Waals surface area (Å²) in [4.78, 5) is 25.4. The molecule has 5 nitrogen and oxygen atoms in total. The summed E-state index contributed by atoms with van der Waals surface area (Å²) >= 11 is 15.7. The molecule has 28 heavy (non-hydrogen) atoms. The first-order chi connectivity index (χ1) is 13.4. The van der Waals surface area contributed by atoms with Gasteiger partial charge in [0.05, 0.1) is 9.50 Å². The number of ether oxygens (including phenoxy) is 1. The molecule has 1 aliphatic heterocycles. The number of carbonyl (C=O) groups is 2. The van der Waals surface area contributed by atoms with Crippen molar-refractivity contribution in [3.05, 3.63) is 67.7 Å². The van der Waals surface area contributed by atoms with Gasteiger partial charge in [-0.3, -0.25) is 9.69 Å². The van der Waals surface area contributed by atoms with Crippen LogP contribution in [0.25, 0.3) is 6.08 Å². The molecule has 2 aromatic carbocycles. The van der Waals surface area contributed by atoms with Crippen molar-refractivity contribution < 1.29 is 14.3 Å². The largest absolute Gasteiger partial charge is 0.486 e. The lowest BCUT2D eigenvalue weighted by Crippen LogP contribution is -2.31. The van der Waals surface area contributed by atoms with Gasteiger partial charge in [-0.2, -0.15) is 0 Å². The lowest BCUT2D eigenvalue weighted by Gasteiger charge is -2.11. The average molecular weight is 484 g/mol. The Labute approximate surface area is 181 Å². The maximum absolute atomic E-state index is 12.3. The van der Waals surface area contributed by atoms with Crippen molar-refractivity contribution in [2.24, 2.45) is 0 Å². The molecule has 146 valence electrons. The number of imide groups is 1. The highest BCUT2D eigenvalue weighted by molar-refractivity contribution is 9.10. The summed E-state index contributed by atoms with van der Waals surface area (Å²) in [5.74, 6) is 0.148. The SMILES string of the molecule is CCCN1C(=O)N/C(=C/c2cc(Cl)c(OCc3ccc(Cl)cc3)c(Br)c2)C1=O. The number of rotatable bonds is 6. The molecule has 8 heteroatoms. The fourth-order valence-corrected chi connectivity index (χ4v) is 3.82. The second-order valence-corrected chi connectivity index (χ2v) is 7.87. The Balaban J connectivity index is 1.77. The molecule has 0 unspecified atom stereocenters. The lowest BCUT2D eigenvalue weighted by molar-refractivity contribution is -0.122. The standard InChI is InChI=1S/C20H17BrCl2N2O3/c1-2-7-25-19(26)17(24-20(25)27)10-13-8-15(21)18(16(23)9-13)28-11-12-3-5-14(22)6-4-12/h3-6,8-10H,2,7,11H2,1H3,(H,24,27)/b17-10+. The third-order valence-electron chi connectivity index (χ3n) is 4.04. The Morgan fingerprint density at radius 3 is 2.54 bits per heavy atom. The first-order valence-corrected chi connectivity index (χ1v) is 10.1. The molecule has 3 rings (SSSR count). The summed E-state index contributed by atoms with van der Waals surface area (Å²) in [6.45, 7) is 2.61. The molecule has 3 amide bonds. The predicted octanol–water partition coefficient (Wildman–Crippen LogP) is 5.64. The minimum Gasteiger partial charge on any atom is -0.486 e. The van der Waals surface area contributed by atoms with Gasteiger partial charge in [-0.25, -0.2) is 4.79 Å². The zero-order valence-corrected chi connectivity index (χ0v) is 18.1. The van der Waals surface area contributed by atoms with Gasteiger partial charge in [0.15, 0.2) is 5.75 Å². The number of urea groups is 1. The summed E-state index contributed by atoms with van der Waals surface area (Å²) in [7, 11) is 0. The summed E-state index contributed by atoms with van der Waals surface area (Å²) in [5, 5.41) is 3.64. The second-order valence-electron chi connectivity index (χ2n) is 6.17. The smallest absolute Gasteiger partial charge is 0.329 e. The van der Waals surface area contributed by atoms with E-state index in [-0.39, 0.29) is 11.6 Å². The second kappa shape index (κ2) is 8.99. The Morgan fingerprint density at radius 2 is 1.89 bits per heavy atom. The van der Waals surface area contributed by atoms with Gasteiger partial charge in [0.1, 0.15) is 12.3 Å². The van der Waals surface area contributed by atoms with Crippen LogP contribution >= 0.6 is 39.1 Å². The number of amides is 3. The summed E-state index contributed by atoms with van der Waals surface area (Å²) in [5.41, 5.74) is 1.84. The predicted molar refractivity (Wildman–Crippen MR) is 113 cm³/mol. The number of carbonyl (C=O) groups excluding carboxylic acids is 2. The van der Waals surface area contributed by atoms with E-state index < -0.39 is 6.03 Å². The van der Waals surface area contributed by atoms with Crippen LogP contribution in [0.3, 0.4) is 0 Å². The van der Waals surface area contributed by atoms with Crippen molar-refractivity contribution >= 4 is 57.1 Å². The Kier molecular flexibility index (Phi) is 6.65. The molecule has 0 spiro atoms. The van der Waals surface area contributed by atoms with Crippen LogP contribution in [0.2, 0.25) is 10.0 Å². The van der Waals surface area contributed by atoms with Gasteiger partial charge in [-0.05, 0) is 63.8 Å². The van der Waals surface area contributed by atoms with Crippen LogP contribution in [0.15, 0.2) is 46.6 Å². The van der Waals surface area contributed by atoms with Crippen molar-refractivity contribution in [1.29, 1.82) is 0 Å². The zero-order valence-electron chi connectivity index (χ0n) is 15.0. The maximum atomic E-state index is 12.3. The molecule has 1 heterocycles. The van der Waals surface area contributed by atoms with Crippen molar-refractivity contribution in [2.75, 3.05) is 6.54 Å². The van der Waals surface area contributed by atoms with E-state index in [1.165, 1.54) is 4.90 Å². The van der Waals surface area contributed by atoms with Gasteiger partial charge in [0, 0.05) is 11.6 Å². The maximum Gasteiger partial charge on any atom is 0.329 e. The fourth-order valence-electron chi connectivity index (χ4n) is 2.70. The number of halogens is 3. The summed E-state index contributed by atoms with van der Waals surface area (Å²) in [6.07, 6.45) is 2.29. The molecular weight excluding hydrogens is 467 g/mol. The topological polar surface area (TPSA) is 58.6 Å². The fraction of sp³-hybridized carbons (Fsp3) is 0.200. The minimum atomic E-state index is -0.411.